The van der Waals surface area contributed by atoms with Gasteiger partial charge in [0.15, 0.2) is 0 Å². The van der Waals surface area contributed by atoms with Crippen molar-refractivity contribution < 1.29 is 9.21 Å². The molecule has 0 aliphatic carbocycles. The average Bonchev–Trinajstić information content (AvgIpc) is 2.63. The van der Waals surface area contributed by atoms with Crippen LogP contribution in [-0.2, 0) is 10.7 Å². The van der Waals surface area contributed by atoms with Crippen LogP contribution in [0.2, 0.25) is 0 Å². The topological polar surface area (TPSA) is 80.0 Å². The Morgan fingerprint density at radius 3 is 2.65 bits per heavy atom. The van der Waals surface area contributed by atoms with Crippen LogP contribution in [0.3, 0.4) is 0 Å². The Labute approximate surface area is 105 Å². The molecule has 0 saturated heterocycles. The lowest BCUT2D eigenvalue weighted by Crippen LogP contribution is -2.41. The number of nitrogens with one attached hydrogen (secondary N) is 2. The number of amides is 1. The van der Waals surface area contributed by atoms with Crippen LogP contribution < -0.4 is 10.6 Å². The number of rotatable bonds is 5. The number of carbonyl (C=O) groups is 1. The molecule has 7 heteroatoms. The van der Waals surface area contributed by atoms with Crippen molar-refractivity contribution in [2.75, 3.05) is 11.9 Å². The van der Waals surface area contributed by atoms with Crippen molar-refractivity contribution in [2.45, 2.75) is 38.6 Å². The number of aromatic nitrogens is 2. The Morgan fingerprint density at radius 1 is 1.41 bits per heavy atom. The number of alkyl halides is 1. The monoisotopic (exact) mass is 260 g/mol. The van der Waals surface area contributed by atoms with E-state index in [-0.39, 0.29) is 23.3 Å². The van der Waals surface area contributed by atoms with Gasteiger partial charge >= 0.3 is 6.01 Å². The molecule has 96 valence electrons. The number of hydrogen-bond acceptors (Lipinski definition) is 5. The lowest BCUT2D eigenvalue weighted by atomic mass is 10.1. The molecule has 6 nitrogen and oxygen atoms in total. The average molecular weight is 261 g/mol. The van der Waals surface area contributed by atoms with Crippen LogP contribution in [0.25, 0.3) is 0 Å². The molecule has 0 spiro atoms. The van der Waals surface area contributed by atoms with E-state index >= 15 is 0 Å². The molecule has 17 heavy (non-hydrogen) atoms. The smallest absolute Gasteiger partial charge is 0.315 e. The van der Waals surface area contributed by atoms with E-state index < -0.39 is 0 Å². The highest BCUT2D eigenvalue weighted by Gasteiger charge is 2.13. The lowest BCUT2D eigenvalue weighted by Gasteiger charge is -2.20. The molecule has 1 aromatic heterocycles. The minimum absolute atomic E-state index is 0.0258. The first kappa shape index (κ1) is 13.8. The first-order valence-electron chi connectivity index (χ1n) is 5.34. The summed E-state index contributed by atoms with van der Waals surface area (Å²) >= 11 is 5.51. The van der Waals surface area contributed by atoms with Gasteiger partial charge in [-0.05, 0) is 20.8 Å². The Bertz CT molecular complexity index is 373. The van der Waals surface area contributed by atoms with E-state index in [0.717, 1.165) is 0 Å². The quantitative estimate of drug-likeness (QED) is 0.785. The molecule has 2 N–H and O–H groups in total. The Kier molecular flexibility index (Phi) is 4.74. The lowest BCUT2D eigenvalue weighted by molar-refractivity contribution is -0.122. The molecular formula is C10H17ClN4O2. The van der Waals surface area contributed by atoms with Gasteiger partial charge in [0.05, 0.1) is 0 Å². The van der Waals surface area contributed by atoms with Crippen LogP contribution in [-0.4, -0.2) is 28.2 Å². The fraction of sp³-hybridized carbons (Fsp3) is 0.700. The third-order valence-electron chi connectivity index (χ3n) is 1.72. The number of halogens is 1. The first-order chi connectivity index (χ1) is 7.90. The second-order valence-corrected chi connectivity index (χ2v) is 4.88. The maximum absolute atomic E-state index is 11.5. The van der Waals surface area contributed by atoms with Crippen molar-refractivity contribution in [3.8, 4) is 0 Å². The van der Waals surface area contributed by atoms with Crippen molar-refractivity contribution in [1.29, 1.82) is 0 Å². The molecule has 0 aromatic carbocycles. The summed E-state index contributed by atoms with van der Waals surface area (Å²) in [6.45, 7) is 6.24. The molecule has 1 amide bonds. The predicted molar refractivity (Wildman–Crippen MR) is 64.9 cm³/mol. The summed E-state index contributed by atoms with van der Waals surface area (Å²) in [6.07, 6.45) is 0.343. The van der Waals surface area contributed by atoms with Gasteiger partial charge in [0.1, 0.15) is 5.88 Å². The molecule has 0 radical (unpaired) electrons. The van der Waals surface area contributed by atoms with Crippen molar-refractivity contribution in [2.24, 2.45) is 0 Å². The SMILES string of the molecule is CC(C)(C)NC(=O)CCNc1nnc(CCl)o1. The molecule has 0 unspecified atom stereocenters. The van der Waals surface area contributed by atoms with Gasteiger partial charge in [-0.25, -0.2) is 0 Å². The van der Waals surface area contributed by atoms with Gasteiger partial charge in [-0.3, -0.25) is 4.79 Å². The summed E-state index contributed by atoms with van der Waals surface area (Å²) in [5.41, 5.74) is -0.215. The molecule has 1 aromatic rings. The van der Waals surface area contributed by atoms with Gasteiger partial charge < -0.3 is 15.1 Å². The fourth-order valence-electron chi connectivity index (χ4n) is 1.14. The summed E-state index contributed by atoms with van der Waals surface area (Å²) in [4.78, 5) is 11.5. The zero-order valence-electron chi connectivity index (χ0n) is 10.2. The van der Waals surface area contributed by atoms with Crippen LogP contribution in [0.15, 0.2) is 4.42 Å². The molecule has 1 rings (SSSR count). The normalized spacial score (nSPS) is 11.3. The summed E-state index contributed by atoms with van der Waals surface area (Å²) in [7, 11) is 0. The van der Waals surface area contributed by atoms with Crippen molar-refractivity contribution in [1.82, 2.24) is 15.5 Å². The van der Waals surface area contributed by atoms with Crippen LogP contribution in [0.1, 0.15) is 33.1 Å². The minimum Gasteiger partial charge on any atom is -0.407 e. The van der Waals surface area contributed by atoms with Crippen molar-refractivity contribution in [3.05, 3.63) is 5.89 Å². The number of anilines is 1. The molecule has 0 aliphatic heterocycles. The molecule has 0 atom stereocenters. The molecule has 0 bridgehead atoms. The zero-order valence-corrected chi connectivity index (χ0v) is 11.0. The van der Waals surface area contributed by atoms with E-state index in [1.165, 1.54) is 0 Å². The van der Waals surface area contributed by atoms with Crippen LogP contribution in [0.4, 0.5) is 6.01 Å². The maximum Gasteiger partial charge on any atom is 0.315 e. The van der Waals surface area contributed by atoms with E-state index in [0.29, 0.717) is 18.9 Å². The minimum atomic E-state index is -0.215. The zero-order chi connectivity index (χ0) is 12.9. The van der Waals surface area contributed by atoms with Gasteiger partial charge in [0, 0.05) is 18.5 Å². The van der Waals surface area contributed by atoms with E-state index in [1.54, 1.807) is 0 Å². The maximum atomic E-state index is 11.5. The first-order valence-corrected chi connectivity index (χ1v) is 5.87. The highest BCUT2D eigenvalue weighted by molar-refractivity contribution is 6.16. The Hall–Kier alpha value is -1.30. The Morgan fingerprint density at radius 2 is 2.12 bits per heavy atom. The van der Waals surface area contributed by atoms with E-state index in [2.05, 4.69) is 20.8 Å². The van der Waals surface area contributed by atoms with Crippen LogP contribution in [0, 0.1) is 0 Å². The summed E-state index contributed by atoms with van der Waals surface area (Å²) in [5, 5.41) is 13.1. The highest BCUT2D eigenvalue weighted by atomic mass is 35.5. The van der Waals surface area contributed by atoms with E-state index in [4.69, 9.17) is 16.0 Å². The molecule has 1 heterocycles. The van der Waals surface area contributed by atoms with Crippen molar-refractivity contribution in [3.63, 3.8) is 0 Å². The molecule has 0 saturated carbocycles. The number of hydrogen-bond donors (Lipinski definition) is 2. The Balaban J connectivity index is 2.26. The summed E-state index contributed by atoms with van der Waals surface area (Å²) in [6, 6.07) is 0.282. The van der Waals surface area contributed by atoms with Gasteiger partial charge in [0.2, 0.25) is 11.8 Å². The second-order valence-electron chi connectivity index (χ2n) is 4.61. The predicted octanol–water partition coefficient (Wildman–Crippen LogP) is 1.53. The van der Waals surface area contributed by atoms with Gasteiger partial charge in [-0.2, -0.15) is 0 Å². The highest BCUT2D eigenvalue weighted by Crippen LogP contribution is 2.07. The summed E-state index contributed by atoms with van der Waals surface area (Å²) in [5.74, 6) is 0.509. The molecule has 0 fully saturated rings. The van der Waals surface area contributed by atoms with Gasteiger partial charge in [0.25, 0.3) is 0 Å². The van der Waals surface area contributed by atoms with Crippen LogP contribution >= 0.6 is 11.6 Å². The third kappa shape index (κ3) is 5.53. The number of nitrogens with zero attached hydrogens (tertiary/aromatic N) is 2. The molecular weight excluding hydrogens is 244 g/mol. The summed E-state index contributed by atoms with van der Waals surface area (Å²) < 4.78 is 5.12. The van der Waals surface area contributed by atoms with Gasteiger partial charge in [-0.1, -0.05) is 5.10 Å². The van der Waals surface area contributed by atoms with Gasteiger partial charge in [-0.15, -0.1) is 16.7 Å². The number of carbonyl (C=O) groups excluding carboxylic acids is 1. The van der Waals surface area contributed by atoms with E-state index in [9.17, 15) is 4.79 Å². The van der Waals surface area contributed by atoms with Crippen LogP contribution in [0.5, 0.6) is 0 Å². The standard InChI is InChI=1S/C10H17ClN4O2/c1-10(2,3)13-7(16)4-5-12-9-15-14-8(6-11)17-9/h4-6H2,1-3H3,(H,12,15)(H,13,16). The largest absolute Gasteiger partial charge is 0.407 e. The van der Waals surface area contributed by atoms with E-state index in [1.807, 2.05) is 20.8 Å². The molecule has 0 aliphatic rings. The van der Waals surface area contributed by atoms with Crippen molar-refractivity contribution >= 4 is 23.5 Å². The third-order valence-corrected chi connectivity index (χ3v) is 1.95. The fourth-order valence-corrected chi connectivity index (χ4v) is 1.25. The second kappa shape index (κ2) is 5.86.